The first-order valence-electron chi connectivity index (χ1n) is 7.21. The molecule has 1 aromatic carbocycles. The van der Waals surface area contributed by atoms with Crippen molar-refractivity contribution >= 4 is 23.2 Å². The summed E-state index contributed by atoms with van der Waals surface area (Å²) in [6.45, 7) is -0.210. The topological polar surface area (TPSA) is 81.4 Å². The number of carbonyl (C=O) groups is 2. The van der Waals surface area contributed by atoms with Crippen LogP contribution in [0.25, 0.3) is 10.6 Å². The number of esters is 1. The second kappa shape index (κ2) is 7.56. The summed E-state index contributed by atoms with van der Waals surface area (Å²) < 4.78 is 10.3. The molecular formula is C17H14N2O4S. The van der Waals surface area contributed by atoms with E-state index in [0.29, 0.717) is 17.0 Å². The van der Waals surface area contributed by atoms with Crippen molar-refractivity contribution in [3.05, 3.63) is 65.2 Å². The normalized spacial score (nSPS) is 10.3. The first kappa shape index (κ1) is 15.9. The van der Waals surface area contributed by atoms with E-state index in [1.165, 1.54) is 11.3 Å². The van der Waals surface area contributed by atoms with Gasteiger partial charge in [-0.25, -0.2) is 0 Å². The standard InChI is InChI=1S/C17H14N2O4S/c20-16(10-18-17(21)12-5-2-1-3-6-12)22-11-13-9-14(23-19-13)15-7-4-8-24-15/h1-9H,10-11H2,(H,18,21). The van der Waals surface area contributed by atoms with Crippen molar-refractivity contribution in [3.8, 4) is 10.6 Å². The zero-order valence-corrected chi connectivity index (χ0v) is 13.4. The summed E-state index contributed by atoms with van der Waals surface area (Å²) in [5, 5.41) is 8.30. The Labute approximate surface area is 142 Å². The van der Waals surface area contributed by atoms with Gasteiger partial charge in [0.1, 0.15) is 18.8 Å². The summed E-state index contributed by atoms with van der Waals surface area (Å²) in [6, 6.07) is 14.2. The average Bonchev–Trinajstić information content (AvgIpc) is 3.29. The Morgan fingerprint density at radius 1 is 1.17 bits per heavy atom. The molecule has 1 N–H and O–H groups in total. The third-order valence-corrected chi connectivity index (χ3v) is 4.02. The Hall–Kier alpha value is -2.93. The number of benzene rings is 1. The fourth-order valence-corrected chi connectivity index (χ4v) is 2.64. The average molecular weight is 342 g/mol. The molecule has 0 atom stereocenters. The number of amides is 1. The molecule has 0 spiro atoms. The number of rotatable bonds is 6. The van der Waals surface area contributed by atoms with Gasteiger partial charge in [0.25, 0.3) is 5.91 Å². The molecule has 1 amide bonds. The van der Waals surface area contributed by atoms with Crippen LogP contribution in [-0.4, -0.2) is 23.6 Å². The fourth-order valence-electron chi connectivity index (χ4n) is 1.96. The predicted octanol–water partition coefficient (Wildman–Crippen LogP) is 2.88. The highest BCUT2D eigenvalue weighted by Crippen LogP contribution is 2.25. The summed E-state index contributed by atoms with van der Waals surface area (Å²) in [4.78, 5) is 24.5. The first-order valence-corrected chi connectivity index (χ1v) is 8.08. The largest absolute Gasteiger partial charge is 0.458 e. The van der Waals surface area contributed by atoms with Gasteiger partial charge >= 0.3 is 5.97 Å². The van der Waals surface area contributed by atoms with E-state index in [9.17, 15) is 9.59 Å². The van der Waals surface area contributed by atoms with Gasteiger partial charge in [0.05, 0.1) is 4.88 Å². The van der Waals surface area contributed by atoms with E-state index in [0.717, 1.165) is 4.88 Å². The lowest BCUT2D eigenvalue weighted by Gasteiger charge is -2.05. The van der Waals surface area contributed by atoms with Gasteiger partial charge in [0, 0.05) is 11.6 Å². The van der Waals surface area contributed by atoms with Crippen LogP contribution < -0.4 is 5.32 Å². The molecule has 122 valence electrons. The van der Waals surface area contributed by atoms with Crippen LogP contribution >= 0.6 is 11.3 Å². The zero-order valence-electron chi connectivity index (χ0n) is 12.6. The van der Waals surface area contributed by atoms with Crippen molar-refractivity contribution in [3.63, 3.8) is 0 Å². The molecule has 0 radical (unpaired) electrons. The Morgan fingerprint density at radius 2 is 2.00 bits per heavy atom. The summed E-state index contributed by atoms with van der Waals surface area (Å²) in [5.74, 6) is -0.234. The molecule has 2 heterocycles. The lowest BCUT2D eigenvalue weighted by Crippen LogP contribution is -2.30. The van der Waals surface area contributed by atoms with E-state index in [4.69, 9.17) is 9.26 Å². The van der Waals surface area contributed by atoms with Crippen LogP contribution in [0.4, 0.5) is 0 Å². The van der Waals surface area contributed by atoms with Crippen molar-refractivity contribution in [2.24, 2.45) is 0 Å². The van der Waals surface area contributed by atoms with Gasteiger partial charge < -0.3 is 14.6 Å². The summed E-state index contributed by atoms with van der Waals surface area (Å²) in [7, 11) is 0. The van der Waals surface area contributed by atoms with Crippen molar-refractivity contribution in [1.82, 2.24) is 10.5 Å². The number of nitrogens with one attached hydrogen (secondary N) is 1. The Morgan fingerprint density at radius 3 is 2.75 bits per heavy atom. The van der Waals surface area contributed by atoms with Gasteiger partial charge in [-0.2, -0.15) is 0 Å². The van der Waals surface area contributed by atoms with Crippen LogP contribution in [0.3, 0.4) is 0 Å². The third kappa shape index (κ3) is 4.08. The smallest absolute Gasteiger partial charge is 0.325 e. The highest BCUT2D eigenvalue weighted by Gasteiger charge is 2.11. The van der Waals surface area contributed by atoms with Crippen LogP contribution in [0.1, 0.15) is 16.1 Å². The van der Waals surface area contributed by atoms with E-state index >= 15 is 0 Å². The lowest BCUT2D eigenvalue weighted by molar-refractivity contribution is -0.143. The molecular weight excluding hydrogens is 328 g/mol. The van der Waals surface area contributed by atoms with Gasteiger partial charge in [-0.15, -0.1) is 11.3 Å². The zero-order chi connectivity index (χ0) is 16.8. The fraction of sp³-hybridized carbons (Fsp3) is 0.118. The highest BCUT2D eigenvalue weighted by atomic mass is 32.1. The Balaban J connectivity index is 1.45. The molecule has 0 unspecified atom stereocenters. The second-order valence-electron chi connectivity index (χ2n) is 4.87. The molecule has 6 nitrogen and oxygen atoms in total. The molecule has 3 aromatic rings. The minimum absolute atomic E-state index is 0.00504. The SMILES string of the molecule is O=C(CNC(=O)c1ccccc1)OCc1cc(-c2cccs2)on1. The van der Waals surface area contributed by atoms with Gasteiger partial charge in [-0.1, -0.05) is 29.4 Å². The number of hydrogen-bond acceptors (Lipinski definition) is 6. The van der Waals surface area contributed by atoms with Crippen molar-refractivity contribution < 1.29 is 18.8 Å². The Kier molecular flexibility index (Phi) is 5.02. The van der Waals surface area contributed by atoms with Crippen LogP contribution in [0.5, 0.6) is 0 Å². The van der Waals surface area contributed by atoms with Gasteiger partial charge in [-0.05, 0) is 23.6 Å². The molecule has 0 saturated heterocycles. The monoisotopic (exact) mass is 342 g/mol. The maximum Gasteiger partial charge on any atom is 0.325 e. The quantitative estimate of drug-likeness (QED) is 0.697. The number of aromatic nitrogens is 1. The molecule has 0 aliphatic heterocycles. The highest BCUT2D eigenvalue weighted by molar-refractivity contribution is 7.13. The van der Waals surface area contributed by atoms with Crippen LogP contribution in [-0.2, 0) is 16.1 Å². The molecule has 0 aliphatic rings. The first-order chi connectivity index (χ1) is 11.7. The van der Waals surface area contributed by atoms with Gasteiger partial charge in [0.2, 0.25) is 0 Å². The van der Waals surface area contributed by atoms with Gasteiger partial charge in [0.15, 0.2) is 5.76 Å². The number of nitrogens with zero attached hydrogens (tertiary/aromatic N) is 1. The number of ether oxygens (including phenoxy) is 1. The van der Waals surface area contributed by atoms with Crippen molar-refractivity contribution in [2.45, 2.75) is 6.61 Å². The summed E-state index contributed by atoms with van der Waals surface area (Å²) in [5.41, 5.74) is 1.00. The molecule has 0 fully saturated rings. The maximum absolute atomic E-state index is 11.8. The van der Waals surface area contributed by atoms with E-state index in [2.05, 4.69) is 10.5 Å². The van der Waals surface area contributed by atoms with Crippen molar-refractivity contribution in [1.29, 1.82) is 0 Å². The molecule has 2 aromatic heterocycles. The van der Waals surface area contributed by atoms with E-state index in [1.54, 1.807) is 30.3 Å². The van der Waals surface area contributed by atoms with Crippen LogP contribution in [0.15, 0.2) is 58.4 Å². The predicted molar refractivity (Wildman–Crippen MR) is 88.4 cm³/mol. The molecule has 0 aliphatic carbocycles. The van der Waals surface area contributed by atoms with E-state index in [1.807, 2.05) is 23.6 Å². The molecule has 24 heavy (non-hydrogen) atoms. The molecule has 0 saturated carbocycles. The van der Waals surface area contributed by atoms with E-state index in [-0.39, 0.29) is 19.1 Å². The number of carbonyl (C=O) groups excluding carboxylic acids is 2. The van der Waals surface area contributed by atoms with Crippen LogP contribution in [0, 0.1) is 0 Å². The molecule has 7 heteroatoms. The minimum Gasteiger partial charge on any atom is -0.458 e. The minimum atomic E-state index is -0.542. The molecule has 0 bridgehead atoms. The number of thiophene rings is 1. The third-order valence-electron chi connectivity index (χ3n) is 3.13. The second-order valence-corrected chi connectivity index (χ2v) is 5.82. The Bertz CT molecular complexity index is 812. The molecule has 3 rings (SSSR count). The van der Waals surface area contributed by atoms with Gasteiger partial charge in [-0.3, -0.25) is 9.59 Å². The summed E-state index contributed by atoms with van der Waals surface area (Å²) in [6.07, 6.45) is 0. The van der Waals surface area contributed by atoms with Crippen LogP contribution in [0.2, 0.25) is 0 Å². The lowest BCUT2D eigenvalue weighted by atomic mass is 10.2. The number of hydrogen-bond donors (Lipinski definition) is 1. The van der Waals surface area contributed by atoms with Crippen molar-refractivity contribution in [2.75, 3.05) is 6.54 Å². The maximum atomic E-state index is 11.8. The van der Waals surface area contributed by atoms with E-state index < -0.39 is 5.97 Å². The summed E-state index contributed by atoms with van der Waals surface area (Å²) >= 11 is 1.53.